The van der Waals surface area contributed by atoms with Crippen molar-refractivity contribution in [2.75, 3.05) is 7.11 Å². The maximum Gasteiger partial charge on any atom is 0.309 e. The van der Waals surface area contributed by atoms with E-state index in [1.165, 1.54) is 12.7 Å². The molecule has 0 aromatic heterocycles. The highest BCUT2D eigenvalue weighted by Gasteiger charge is 2.29. The number of hydrogen-bond donors (Lipinski definition) is 0. The van der Waals surface area contributed by atoms with E-state index < -0.39 is 0 Å². The average molecular weight is 282 g/mol. The fraction of sp³-hybridized carbons (Fsp3) is 0.278. The molecule has 1 aliphatic heterocycles. The number of para-hydroxylation sites is 1. The van der Waals surface area contributed by atoms with Gasteiger partial charge in [-0.15, -0.1) is 0 Å². The van der Waals surface area contributed by atoms with Crippen molar-refractivity contribution >= 4 is 5.97 Å². The van der Waals surface area contributed by atoms with Crippen LogP contribution in [0.3, 0.4) is 0 Å². The smallest absolute Gasteiger partial charge is 0.309 e. The molecule has 0 saturated carbocycles. The molecule has 1 unspecified atom stereocenters. The molecule has 1 aliphatic rings. The Morgan fingerprint density at radius 2 is 1.90 bits per heavy atom. The van der Waals surface area contributed by atoms with Gasteiger partial charge in [-0.1, -0.05) is 43.3 Å². The molecule has 1 atom stereocenters. The van der Waals surface area contributed by atoms with Gasteiger partial charge in [-0.3, -0.25) is 4.79 Å². The molecule has 0 radical (unpaired) electrons. The van der Waals surface area contributed by atoms with Crippen LogP contribution in [0.1, 0.15) is 30.6 Å². The van der Waals surface area contributed by atoms with E-state index in [9.17, 15) is 4.79 Å². The first-order chi connectivity index (χ1) is 10.2. The molecule has 1 heterocycles. The molecule has 0 fully saturated rings. The summed E-state index contributed by atoms with van der Waals surface area (Å²) < 4.78 is 10.9. The van der Waals surface area contributed by atoms with Gasteiger partial charge < -0.3 is 9.47 Å². The van der Waals surface area contributed by atoms with Crippen LogP contribution in [-0.4, -0.2) is 13.1 Å². The second-order valence-electron chi connectivity index (χ2n) is 5.11. The van der Waals surface area contributed by atoms with Crippen molar-refractivity contribution in [2.24, 2.45) is 0 Å². The number of carbonyl (C=O) groups excluding carboxylic acids is 1. The first-order valence-electron chi connectivity index (χ1n) is 7.19. The van der Waals surface area contributed by atoms with Crippen LogP contribution >= 0.6 is 0 Å². The van der Waals surface area contributed by atoms with Crippen molar-refractivity contribution < 1.29 is 14.3 Å². The van der Waals surface area contributed by atoms with Gasteiger partial charge in [-0.2, -0.15) is 0 Å². The van der Waals surface area contributed by atoms with Crippen molar-refractivity contribution in [3.05, 3.63) is 53.6 Å². The average Bonchev–Trinajstić information content (AvgIpc) is 2.54. The highest BCUT2D eigenvalue weighted by atomic mass is 16.5. The van der Waals surface area contributed by atoms with Crippen LogP contribution in [0, 0.1) is 0 Å². The van der Waals surface area contributed by atoms with Crippen molar-refractivity contribution in [3.8, 4) is 16.9 Å². The van der Waals surface area contributed by atoms with Crippen molar-refractivity contribution in [2.45, 2.75) is 25.9 Å². The molecule has 0 N–H and O–H groups in total. The van der Waals surface area contributed by atoms with E-state index >= 15 is 0 Å². The van der Waals surface area contributed by atoms with E-state index in [2.05, 4.69) is 31.2 Å². The van der Waals surface area contributed by atoms with Gasteiger partial charge in [0.1, 0.15) is 11.9 Å². The molecule has 2 aromatic rings. The van der Waals surface area contributed by atoms with Crippen LogP contribution in [-0.2, 0) is 16.0 Å². The molecule has 0 spiro atoms. The van der Waals surface area contributed by atoms with E-state index in [4.69, 9.17) is 9.47 Å². The molecular formula is C18H18O3. The van der Waals surface area contributed by atoms with Crippen LogP contribution in [0.2, 0.25) is 0 Å². The van der Waals surface area contributed by atoms with Crippen LogP contribution in [0.4, 0.5) is 0 Å². The third-order valence-corrected chi connectivity index (χ3v) is 3.93. The van der Waals surface area contributed by atoms with Gasteiger partial charge >= 0.3 is 5.97 Å². The highest BCUT2D eigenvalue weighted by molar-refractivity contribution is 5.78. The SMILES string of the molecule is CCc1cccc2c1C(CC(=O)OC)Oc1ccccc1-2. The number of rotatable bonds is 3. The lowest BCUT2D eigenvalue weighted by Crippen LogP contribution is -2.20. The predicted octanol–water partition coefficient (Wildman–Crippen LogP) is 3.91. The minimum absolute atomic E-state index is 0.231. The van der Waals surface area contributed by atoms with Crippen molar-refractivity contribution in [3.63, 3.8) is 0 Å². The van der Waals surface area contributed by atoms with E-state index in [0.717, 1.165) is 28.9 Å². The summed E-state index contributed by atoms with van der Waals surface area (Å²) in [5.74, 6) is 0.573. The fourth-order valence-corrected chi connectivity index (χ4v) is 2.92. The zero-order valence-corrected chi connectivity index (χ0v) is 12.3. The van der Waals surface area contributed by atoms with Crippen molar-refractivity contribution in [1.29, 1.82) is 0 Å². The third kappa shape index (κ3) is 2.40. The third-order valence-electron chi connectivity index (χ3n) is 3.93. The minimum atomic E-state index is -0.279. The Morgan fingerprint density at radius 1 is 1.14 bits per heavy atom. The summed E-state index contributed by atoms with van der Waals surface area (Å²) in [6.07, 6.45) is 0.861. The monoisotopic (exact) mass is 282 g/mol. The molecule has 108 valence electrons. The predicted molar refractivity (Wildman–Crippen MR) is 81.3 cm³/mol. The van der Waals surface area contributed by atoms with Crippen LogP contribution in [0.25, 0.3) is 11.1 Å². The lowest BCUT2D eigenvalue weighted by atomic mass is 9.87. The van der Waals surface area contributed by atoms with Crippen LogP contribution in [0.15, 0.2) is 42.5 Å². The van der Waals surface area contributed by atoms with E-state index in [1.807, 2.05) is 18.2 Å². The normalized spacial score (nSPS) is 15.6. The molecule has 3 rings (SSSR count). The summed E-state index contributed by atoms with van der Waals surface area (Å²) in [6.45, 7) is 2.12. The van der Waals surface area contributed by atoms with Gasteiger partial charge in [0.2, 0.25) is 0 Å². The summed E-state index contributed by atoms with van der Waals surface area (Å²) in [7, 11) is 1.41. The number of carbonyl (C=O) groups is 1. The molecule has 0 amide bonds. The summed E-state index contributed by atoms with van der Waals surface area (Å²) in [6, 6.07) is 14.2. The summed E-state index contributed by atoms with van der Waals surface area (Å²) in [5, 5.41) is 0. The van der Waals surface area contributed by atoms with Gasteiger partial charge in [-0.05, 0) is 23.6 Å². The van der Waals surface area contributed by atoms with Crippen LogP contribution < -0.4 is 4.74 Å². The first-order valence-corrected chi connectivity index (χ1v) is 7.19. The zero-order valence-electron chi connectivity index (χ0n) is 12.3. The highest BCUT2D eigenvalue weighted by Crippen LogP contribution is 2.44. The topological polar surface area (TPSA) is 35.5 Å². The quantitative estimate of drug-likeness (QED) is 0.801. The van der Waals surface area contributed by atoms with Crippen molar-refractivity contribution in [1.82, 2.24) is 0 Å². The molecule has 21 heavy (non-hydrogen) atoms. The number of methoxy groups -OCH3 is 1. The Bertz CT molecular complexity index is 676. The minimum Gasteiger partial charge on any atom is -0.484 e. The second kappa shape index (κ2) is 5.60. The standard InChI is InChI=1S/C18H18O3/c1-3-12-7-6-9-14-13-8-4-5-10-15(13)21-16(18(12)14)11-17(19)20-2/h4-10,16H,3,11H2,1-2H3. The van der Waals surface area contributed by atoms with Gasteiger partial charge in [0.25, 0.3) is 0 Å². The van der Waals surface area contributed by atoms with Crippen LogP contribution in [0.5, 0.6) is 5.75 Å². The molecule has 0 aliphatic carbocycles. The number of ether oxygens (including phenoxy) is 2. The zero-order chi connectivity index (χ0) is 14.8. The van der Waals surface area contributed by atoms with Gasteiger partial charge in [0, 0.05) is 11.1 Å². The molecule has 3 nitrogen and oxygen atoms in total. The molecular weight excluding hydrogens is 264 g/mol. The Labute approximate surface area is 124 Å². The Kier molecular flexibility index (Phi) is 3.65. The van der Waals surface area contributed by atoms with E-state index in [-0.39, 0.29) is 18.5 Å². The molecule has 2 aromatic carbocycles. The lowest BCUT2D eigenvalue weighted by molar-refractivity contribution is -0.142. The van der Waals surface area contributed by atoms with Gasteiger partial charge in [-0.25, -0.2) is 0 Å². The van der Waals surface area contributed by atoms with Gasteiger partial charge in [0.15, 0.2) is 0 Å². The number of hydrogen-bond acceptors (Lipinski definition) is 3. The second-order valence-corrected chi connectivity index (χ2v) is 5.11. The number of fused-ring (bicyclic) bond motifs is 3. The maximum absolute atomic E-state index is 11.7. The largest absolute Gasteiger partial charge is 0.484 e. The van der Waals surface area contributed by atoms with E-state index in [0.29, 0.717) is 0 Å². The number of benzene rings is 2. The molecule has 3 heteroatoms. The molecule has 0 bridgehead atoms. The van der Waals surface area contributed by atoms with Gasteiger partial charge in [0.05, 0.1) is 13.5 Å². The lowest BCUT2D eigenvalue weighted by Gasteiger charge is -2.30. The maximum atomic E-state index is 11.7. The first kappa shape index (κ1) is 13.7. The molecule has 0 saturated heterocycles. The Hall–Kier alpha value is -2.29. The summed E-state index contributed by atoms with van der Waals surface area (Å²) >= 11 is 0. The number of aryl methyl sites for hydroxylation is 1. The summed E-state index contributed by atoms with van der Waals surface area (Å²) in [4.78, 5) is 11.7. The summed E-state index contributed by atoms with van der Waals surface area (Å²) in [5.41, 5.74) is 4.58. The Balaban J connectivity index is 2.14. The Morgan fingerprint density at radius 3 is 2.67 bits per heavy atom. The fourth-order valence-electron chi connectivity index (χ4n) is 2.92. The van der Waals surface area contributed by atoms with E-state index in [1.54, 1.807) is 0 Å². The number of esters is 1.